The molecule has 0 saturated heterocycles. The molecule has 0 aliphatic rings. The predicted octanol–water partition coefficient (Wildman–Crippen LogP) is 10.0. The molecule has 0 heterocycles. The number of allylic oxidation sites excluding steroid dienone is 3. The lowest BCUT2D eigenvalue weighted by Crippen LogP contribution is -2.46. The molecule has 0 aromatic carbocycles. The van der Waals surface area contributed by atoms with Crippen molar-refractivity contribution >= 4 is 16.0 Å². The lowest BCUT2D eigenvalue weighted by Gasteiger charge is -2.21. The maximum absolute atomic E-state index is 12.4. The van der Waals surface area contributed by atoms with Gasteiger partial charge in [-0.1, -0.05) is 154 Å². The van der Waals surface area contributed by atoms with Crippen molar-refractivity contribution < 1.29 is 22.9 Å². The summed E-state index contributed by atoms with van der Waals surface area (Å²) >= 11 is 0. The van der Waals surface area contributed by atoms with Crippen LogP contribution in [0.3, 0.4) is 0 Å². The Morgan fingerprint density at radius 3 is 1.40 bits per heavy atom. The minimum atomic E-state index is -4.33. The first-order chi connectivity index (χ1) is 20.8. The Bertz CT molecular complexity index is 781. The van der Waals surface area contributed by atoms with Crippen LogP contribution in [0.5, 0.6) is 0 Å². The zero-order chi connectivity index (χ0) is 31.9. The third-order valence-electron chi connectivity index (χ3n) is 8.12. The van der Waals surface area contributed by atoms with E-state index in [1.807, 2.05) is 6.08 Å². The molecule has 3 N–H and O–H groups in total. The number of rotatable bonds is 32. The van der Waals surface area contributed by atoms with E-state index < -0.39 is 28.0 Å². The molecule has 0 radical (unpaired) electrons. The molecule has 0 saturated carbocycles. The van der Waals surface area contributed by atoms with Crippen LogP contribution in [0, 0.1) is 0 Å². The van der Waals surface area contributed by atoms with Crippen LogP contribution in [0.15, 0.2) is 24.3 Å². The van der Waals surface area contributed by atoms with E-state index in [1.54, 1.807) is 6.08 Å². The number of nitrogens with one attached hydrogen (secondary N) is 1. The molecule has 2 atom stereocenters. The molecule has 7 heteroatoms. The monoisotopic (exact) mass is 627 g/mol. The highest BCUT2D eigenvalue weighted by Crippen LogP contribution is 2.13. The molecule has 6 nitrogen and oxygen atoms in total. The quantitative estimate of drug-likeness (QED) is 0.0391. The highest BCUT2D eigenvalue weighted by molar-refractivity contribution is 7.85. The van der Waals surface area contributed by atoms with Crippen molar-refractivity contribution in [2.45, 2.75) is 193 Å². The number of carbonyl (C=O) groups excluding carboxylic acids is 1. The number of hydrogen-bond acceptors (Lipinski definition) is 4. The van der Waals surface area contributed by atoms with Gasteiger partial charge in [-0.2, -0.15) is 8.42 Å². The smallest absolute Gasteiger partial charge is 0.267 e. The second-order valence-corrected chi connectivity index (χ2v) is 14.0. The van der Waals surface area contributed by atoms with Gasteiger partial charge in [0, 0.05) is 6.42 Å². The van der Waals surface area contributed by atoms with Crippen LogP contribution in [0.1, 0.15) is 181 Å². The van der Waals surface area contributed by atoms with Gasteiger partial charge in [0.15, 0.2) is 0 Å². The zero-order valence-electron chi connectivity index (χ0n) is 28.1. The summed E-state index contributed by atoms with van der Waals surface area (Å²) in [6.07, 6.45) is 37.3. The SMILES string of the molecule is CCCCCCCC/C=C\CCCCCCCCCC(=O)NC(CS(=O)(=O)O)C(O)/C=C/CCCCCCCCCCC. The highest BCUT2D eigenvalue weighted by Gasteiger charge is 2.24. The van der Waals surface area contributed by atoms with Crippen molar-refractivity contribution in [3.05, 3.63) is 24.3 Å². The fourth-order valence-electron chi connectivity index (χ4n) is 5.38. The van der Waals surface area contributed by atoms with Gasteiger partial charge in [-0.25, -0.2) is 0 Å². The first-order valence-corrected chi connectivity index (χ1v) is 19.6. The number of amides is 1. The van der Waals surface area contributed by atoms with Crippen LogP contribution in [0.25, 0.3) is 0 Å². The van der Waals surface area contributed by atoms with Gasteiger partial charge in [-0.3, -0.25) is 9.35 Å². The second-order valence-electron chi connectivity index (χ2n) is 12.5. The molecule has 2 unspecified atom stereocenters. The standard InChI is InChI=1S/C36H69NO5S/c1-3-5-7-9-11-13-15-16-17-18-19-20-22-24-26-28-30-32-36(39)37-34(33-43(40,41)42)35(38)31-29-27-25-23-21-14-12-10-8-6-4-2/h16-17,29,31,34-35,38H,3-15,18-28,30,32-33H2,1-2H3,(H,37,39)(H,40,41,42)/b17-16-,31-29+. The maximum Gasteiger partial charge on any atom is 0.267 e. The Morgan fingerprint density at radius 2 is 0.977 bits per heavy atom. The topological polar surface area (TPSA) is 104 Å². The second kappa shape index (κ2) is 30.8. The summed E-state index contributed by atoms with van der Waals surface area (Å²) in [6, 6.07) is -1.05. The molecule has 0 aliphatic carbocycles. The fraction of sp³-hybridized carbons (Fsp3) is 0.861. The molecular formula is C36H69NO5S. The molecule has 0 aromatic rings. The lowest BCUT2D eigenvalue weighted by molar-refractivity contribution is -0.122. The van der Waals surface area contributed by atoms with Crippen LogP contribution in [-0.2, 0) is 14.9 Å². The summed E-state index contributed by atoms with van der Waals surface area (Å²) in [4.78, 5) is 12.4. The molecule has 0 aromatic heterocycles. The number of unbranched alkanes of at least 4 members (excludes halogenated alkanes) is 22. The van der Waals surface area contributed by atoms with E-state index >= 15 is 0 Å². The summed E-state index contributed by atoms with van der Waals surface area (Å²) in [5, 5.41) is 13.1. The van der Waals surface area contributed by atoms with Crippen molar-refractivity contribution in [1.82, 2.24) is 5.32 Å². The van der Waals surface area contributed by atoms with Gasteiger partial charge >= 0.3 is 0 Å². The van der Waals surface area contributed by atoms with Gasteiger partial charge in [0.05, 0.1) is 17.9 Å². The minimum absolute atomic E-state index is 0.284. The van der Waals surface area contributed by atoms with E-state index in [1.165, 1.54) is 116 Å². The van der Waals surface area contributed by atoms with Crippen LogP contribution in [0.2, 0.25) is 0 Å². The van der Waals surface area contributed by atoms with Gasteiger partial charge in [0.1, 0.15) is 0 Å². The van der Waals surface area contributed by atoms with Crippen LogP contribution >= 0.6 is 0 Å². The Balaban J connectivity index is 3.97. The molecule has 0 bridgehead atoms. The summed E-state index contributed by atoms with van der Waals surface area (Å²) in [6.45, 7) is 4.48. The van der Waals surface area contributed by atoms with Crippen molar-refractivity contribution in [2.24, 2.45) is 0 Å². The first kappa shape index (κ1) is 41.8. The molecule has 0 fully saturated rings. The van der Waals surface area contributed by atoms with Gasteiger partial charge < -0.3 is 10.4 Å². The van der Waals surface area contributed by atoms with Crippen molar-refractivity contribution in [3.63, 3.8) is 0 Å². The fourth-order valence-corrected chi connectivity index (χ4v) is 6.12. The summed E-state index contributed by atoms with van der Waals surface area (Å²) in [5.41, 5.74) is 0. The lowest BCUT2D eigenvalue weighted by atomic mass is 10.1. The number of aliphatic hydroxyl groups excluding tert-OH is 1. The van der Waals surface area contributed by atoms with E-state index in [-0.39, 0.29) is 5.91 Å². The zero-order valence-corrected chi connectivity index (χ0v) is 28.9. The Labute approximate surface area is 266 Å². The third kappa shape index (κ3) is 32.0. The third-order valence-corrected chi connectivity index (χ3v) is 8.90. The van der Waals surface area contributed by atoms with Crippen molar-refractivity contribution in [3.8, 4) is 0 Å². The molecule has 0 rings (SSSR count). The average Bonchev–Trinajstić information content (AvgIpc) is 2.96. The Morgan fingerprint density at radius 1 is 0.605 bits per heavy atom. The summed E-state index contributed by atoms with van der Waals surface area (Å²) < 4.78 is 32.3. The molecule has 1 amide bonds. The van der Waals surface area contributed by atoms with Gasteiger partial charge in [-0.15, -0.1) is 0 Å². The number of hydrogen-bond donors (Lipinski definition) is 3. The number of aliphatic hydroxyl groups is 1. The average molecular weight is 628 g/mol. The molecule has 0 spiro atoms. The number of carbonyl (C=O) groups is 1. The van der Waals surface area contributed by atoms with E-state index in [0.29, 0.717) is 6.42 Å². The molecular weight excluding hydrogens is 558 g/mol. The predicted molar refractivity (Wildman–Crippen MR) is 184 cm³/mol. The Hall–Kier alpha value is -1.18. The summed E-state index contributed by atoms with van der Waals surface area (Å²) in [5.74, 6) is -0.982. The van der Waals surface area contributed by atoms with E-state index in [2.05, 4.69) is 31.3 Å². The van der Waals surface area contributed by atoms with E-state index in [4.69, 9.17) is 0 Å². The van der Waals surface area contributed by atoms with E-state index in [0.717, 1.165) is 44.9 Å². The van der Waals surface area contributed by atoms with Gasteiger partial charge in [0.2, 0.25) is 5.91 Å². The normalized spacial score (nSPS) is 13.7. The Kier molecular flexibility index (Phi) is 30.0. The molecule has 43 heavy (non-hydrogen) atoms. The van der Waals surface area contributed by atoms with Gasteiger partial charge in [-0.05, 0) is 44.9 Å². The molecule has 254 valence electrons. The first-order valence-electron chi connectivity index (χ1n) is 18.0. The maximum atomic E-state index is 12.4. The largest absolute Gasteiger partial charge is 0.387 e. The molecule has 0 aliphatic heterocycles. The van der Waals surface area contributed by atoms with Crippen LogP contribution < -0.4 is 5.32 Å². The van der Waals surface area contributed by atoms with Gasteiger partial charge in [0.25, 0.3) is 10.1 Å². The van der Waals surface area contributed by atoms with Crippen molar-refractivity contribution in [2.75, 3.05) is 5.75 Å². The van der Waals surface area contributed by atoms with Crippen molar-refractivity contribution in [1.29, 1.82) is 0 Å². The van der Waals surface area contributed by atoms with E-state index in [9.17, 15) is 22.9 Å². The van der Waals surface area contributed by atoms with Crippen LogP contribution in [0.4, 0.5) is 0 Å². The highest BCUT2D eigenvalue weighted by atomic mass is 32.2. The summed E-state index contributed by atoms with van der Waals surface area (Å²) in [7, 11) is -4.33. The van der Waals surface area contributed by atoms with Crippen LogP contribution in [-0.4, -0.2) is 41.9 Å². The minimum Gasteiger partial charge on any atom is -0.387 e.